The zero-order chi connectivity index (χ0) is 20.4. The molecule has 0 atom stereocenters. The molecule has 150 valence electrons. The highest BCUT2D eigenvalue weighted by Crippen LogP contribution is 2.30. The number of aromatic nitrogens is 4. The number of sulfone groups is 1. The Bertz CT molecular complexity index is 1280. The SMILES string of the molecule is CCS(=O)(=O)c1ccccc1-c1cnc(N)c(-c2nnc(-c3ccccc3)o2)n1.[HH].[HH]. The second kappa shape index (κ2) is 7.44. The number of hydrogen-bond acceptors (Lipinski definition) is 8. The van der Waals surface area contributed by atoms with E-state index in [1.165, 1.54) is 6.20 Å². The summed E-state index contributed by atoms with van der Waals surface area (Å²) in [7, 11) is -3.45. The van der Waals surface area contributed by atoms with Crippen LogP contribution < -0.4 is 5.73 Å². The van der Waals surface area contributed by atoms with Crippen LogP contribution >= 0.6 is 0 Å². The summed E-state index contributed by atoms with van der Waals surface area (Å²) in [6.45, 7) is 1.59. The predicted octanol–water partition coefficient (Wildman–Crippen LogP) is 3.73. The third-order valence-corrected chi connectivity index (χ3v) is 6.11. The first-order valence-corrected chi connectivity index (χ1v) is 10.5. The van der Waals surface area contributed by atoms with E-state index in [1.54, 1.807) is 31.2 Å². The van der Waals surface area contributed by atoms with E-state index >= 15 is 0 Å². The monoisotopic (exact) mass is 411 g/mol. The van der Waals surface area contributed by atoms with Gasteiger partial charge in [-0.15, -0.1) is 10.2 Å². The Hall–Kier alpha value is -3.59. The minimum Gasteiger partial charge on any atom is -0.414 e. The molecule has 0 fully saturated rings. The van der Waals surface area contributed by atoms with Crippen molar-refractivity contribution in [3.63, 3.8) is 0 Å². The summed E-state index contributed by atoms with van der Waals surface area (Å²) in [5.41, 5.74) is 7.72. The second-order valence-electron chi connectivity index (χ2n) is 6.17. The summed E-state index contributed by atoms with van der Waals surface area (Å²) in [4.78, 5) is 8.82. The van der Waals surface area contributed by atoms with E-state index < -0.39 is 9.84 Å². The summed E-state index contributed by atoms with van der Waals surface area (Å²) >= 11 is 0. The maximum Gasteiger partial charge on any atom is 0.270 e. The van der Waals surface area contributed by atoms with Crippen LogP contribution in [0, 0.1) is 0 Å². The van der Waals surface area contributed by atoms with Gasteiger partial charge in [-0.25, -0.2) is 18.4 Å². The van der Waals surface area contributed by atoms with E-state index in [1.807, 2.05) is 30.3 Å². The Labute approximate surface area is 170 Å². The Morgan fingerprint density at radius 3 is 2.45 bits per heavy atom. The molecule has 0 bridgehead atoms. The summed E-state index contributed by atoms with van der Waals surface area (Å²) in [5, 5.41) is 8.07. The van der Waals surface area contributed by atoms with E-state index in [0.29, 0.717) is 17.1 Å². The Morgan fingerprint density at radius 1 is 1.00 bits per heavy atom. The van der Waals surface area contributed by atoms with E-state index in [4.69, 9.17) is 10.2 Å². The third-order valence-electron chi connectivity index (χ3n) is 4.33. The van der Waals surface area contributed by atoms with Crippen LogP contribution in [0.2, 0.25) is 0 Å². The molecule has 0 amide bonds. The van der Waals surface area contributed by atoms with E-state index in [2.05, 4.69) is 20.2 Å². The van der Waals surface area contributed by atoms with Gasteiger partial charge >= 0.3 is 0 Å². The number of rotatable bonds is 5. The number of anilines is 1. The molecule has 2 heterocycles. The zero-order valence-electron chi connectivity index (χ0n) is 15.5. The molecule has 2 aromatic heterocycles. The second-order valence-corrected chi connectivity index (χ2v) is 8.41. The number of hydrogen-bond donors (Lipinski definition) is 1. The molecule has 0 aliphatic carbocycles. The quantitative estimate of drug-likeness (QED) is 0.526. The van der Waals surface area contributed by atoms with Crippen LogP contribution in [0.5, 0.6) is 0 Å². The molecule has 4 rings (SSSR count). The number of nitrogens with two attached hydrogens (primary N) is 1. The van der Waals surface area contributed by atoms with Gasteiger partial charge in [-0.1, -0.05) is 43.3 Å². The van der Waals surface area contributed by atoms with Crippen LogP contribution in [0.15, 0.2) is 70.1 Å². The molecule has 0 saturated heterocycles. The highest BCUT2D eigenvalue weighted by molar-refractivity contribution is 7.91. The van der Waals surface area contributed by atoms with Gasteiger partial charge in [0.25, 0.3) is 5.89 Å². The molecule has 2 N–H and O–H groups in total. The maximum atomic E-state index is 12.5. The van der Waals surface area contributed by atoms with Gasteiger partial charge in [0.15, 0.2) is 21.3 Å². The van der Waals surface area contributed by atoms with Gasteiger partial charge in [0.05, 0.1) is 22.5 Å². The molecule has 9 heteroatoms. The largest absolute Gasteiger partial charge is 0.414 e. The topological polar surface area (TPSA) is 125 Å². The Kier molecular flexibility index (Phi) is 4.81. The minimum absolute atomic E-state index is 0. The molecule has 0 aliphatic rings. The summed E-state index contributed by atoms with van der Waals surface area (Å²) < 4.78 is 30.6. The summed E-state index contributed by atoms with van der Waals surface area (Å²) in [6, 6.07) is 15.9. The average Bonchev–Trinajstić information content (AvgIpc) is 3.25. The number of nitrogen functional groups attached to an aromatic ring is 1. The van der Waals surface area contributed by atoms with Crippen molar-refractivity contribution >= 4 is 15.7 Å². The molecule has 0 radical (unpaired) electrons. The molecule has 2 aromatic carbocycles. The Morgan fingerprint density at radius 2 is 1.69 bits per heavy atom. The van der Waals surface area contributed by atoms with Crippen molar-refractivity contribution in [2.75, 3.05) is 11.5 Å². The normalized spacial score (nSPS) is 11.5. The van der Waals surface area contributed by atoms with Gasteiger partial charge < -0.3 is 10.2 Å². The van der Waals surface area contributed by atoms with Crippen molar-refractivity contribution in [3.8, 4) is 34.3 Å². The first kappa shape index (κ1) is 18.8. The summed E-state index contributed by atoms with van der Waals surface area (Å²) in [5.74, 6) is 0.504. The van der Waals surface area contributed by atoms with E-state index in [-0.39, 0.29) is 30.9 Å². The molecule has 4 aromatic rings. The van der Waals surface area contributed by atoms with Crippen molar-refractivity contribution in [1.82, 2.24) is 20.2 Å². The third kappa shape index (κ3) is 3.59. The Balaban J connectivity index is 0.00000171. The van der Waals surface area contributed by atoms with Crippen LogP contribution in [0.3, 0.4) is 0 Å². The van der Waals surface area contributed by atoms with Gasteiger partial charge in [0, 0.05) is 14.0 Å². The van der Waals surface area contributed by atoms with Gasteiger partial charge in [-0.3, -0.25) is 0 Å². The lowest BCUT2D eigenvalue weighted by Gasteiger charge is -2.09. The van der Waals surface area contributed by atoms with Crippen LogP contribution in [-0.4, -0.2) is 34.3 Å². The molecule has 0 saturated carbocycles. The van der Waals surface area contributed by atoms with Crippen molar-refractivity contribution in [1.29, 1.82) is 0 Å². The molecular weight excluding hydrogens is 390 g/mol. The highest BCUT2D eigenvalue weighted by Gasteiger charge is 2.21. The molecular formula is C20H21N5O3S. The molecule has 0 spiro atoms. The van der Waals surface area contributed by atoms with Crippen molar-refractivity contribution in [3.05, 3.63) is 60.8 Å². The smallest absolute Gasteiger partial charge is 0.270 e. The fourth-order valence-electron chi connectivity index (χ4n) is 2.81. The predicted molar refractivity (Wildman–Crippen MR) is 113 cm³/mol. The van der Waals surface area contributed by atoms with Gasteiger partial charge in [-0.05, 0) is 18.2 Å². The van der Waals surface area contributed by atoms with E-state index in [9.17, 15) is 8.42 Å². The highest BCUT2D eigenvalue weighted by atomic mass is 32.2. The van der Waals surface area contributed by atoms with Crippen molar-refractivity contribution in [2.45, 2.75) is 11.8 Å². The molecule has 8 nitrogen and oxygen atoms in total. The van der Waals surface area contributed by atoms with Gasteiger partial charge in [0.1, 0.15) is 0 Å². The average molecular weight is 411 g/mol. The van der Waals surface area contributed by atoms with E-state index in [0.717, 1.165) is 5.56 Å². The first-order valence-electron chi connectivity index (χ1n) is 8.83. The van der Waals surface area contributed by atoms with Gasteiger partial charge in [-0.2, -0.15) is 0 Å². The lowest BCUT2D eigenvalue weighted by atomic mass is 10.1. The zero-order valence-corrected chi connectivity index (χ0v) is 16.3. The molecule has 0 unspecified atom stereocenters. The first-order chi connectivity index (χ1) is 14.0. The fourth-order valence-corrected chi connectivity index (χ4v) is 3.91. The van der Waals surface area contributed by atoms with Gasteiger partial charge in [0.2, 0.25) is 5.89 Å². The van der Waals surface area contributed by atoms with Crippen LogP contribution in [0.1, 0.15) is 9.78 Å². The molecule has 0 aliphatic heterocycles. The van der Waals surface area contributed by atoms with Crippen molar-refractivity contribution < 1.29 is 15.7 Å². The standard InChI is InChI=1S/C20H17N5O3S.2H2/c1-2-29(26,27)16-11-7-6-10-14(16)15-12-22-18(21)17(23-15)20-25-24-19(28-20)13-8-4-3-5-9-13;;/h3-12H,2H2,1H3,(H2,21,22);2*1H. The van der Waals surface area contributed by atoms with Crippen LogP contribution in [0.25, 0.3) is 34.3 Å². The summed E-state index contributed by atoms with van der Waals surface area (Å²) in [6.07, 6.45) is 1.43. The molecule has 29 heavy (non-hydrogen) atoms. The lowest BCUT2D eigenvalue weighted by Crippen LogP contribution is -2.07. The minimum atomic E-state index is -3.45. The van der Waals surface area contributed by atoms with Crippen LogP contribution in [-0.2, 0) is 9.84 Å². The lowest BCUT2D eigenvalue weighted by molar-refractivity contribution is 0.582. The maximum absolute atomic E-state index is 12.5. The fraction of sp³-hybridized carbons (Fsp3) is 0.100. The number of benzene rings is 2. The van der Waals surface area contributed by atoms with Crippen molar-refractivity contribution in [2.24, 2.45) is 0 Å². The van der Waals surface area contributed by atoms with Crippen LogP contribution in [0.4, 0.5) is 5.82 Å². The number of nitrogens with zero attached hydrogens (tertiary/aromatic N) is 4.